The van der Waals surface area contributed by atoms with Gasteiger partial charge in [-0.25, -0.2) is 4.79 Å². The predicted octanol–water partition coefficient (Wildman–Crippen LogP) is 3.95. The zero-order chi connectivity index (χ0) is 17.8. The second-order valence-corrected chi connectivity index (χ2v) is 7.27. The number of esters is 1. The Labute approximate surface area is 151 Å². The standard InChI is InChI=1S/C19H21NO4S/c1-12-13(2)25-18(20-17(21)14-8-9-14)16(12)19(22)24-11-10-23-15-6-4-3-5-7-15/h3-7,14H,8-11H2,1-2H3,(H,20,21). The van der Waals surface area contributed by atoms with Crippen LogP contribution in [0, 0.1) is 19.8 Å². The minimum atomic E-state index is -0.426. The van der Waals surface area contributed by atoms with Crippen molar-refractivity contribution in [2.45, 2.75) is 26.7 Å². The zero-order valence-electron chi connectivity index (χ0n) is 14.3. The number of rotatable bonds is 7. The number of ether oxygens (including phenoxy) is 2. The Kier molecular flexibility index (Phi) is 5.38. The summed E-state index contributed by atoms with van der Waals surface area (Å²) in [6.07, 6.45) is 1.84. The highest BCUT2D eigenvalue weighted by atomic mass is 32.1. The van der Waals surface area contributed by atoms with Crippen LogP contribution in [0.4, 0.5) is 5.00 Å². The average Bonchev–Trinajstić information content (AvgIpc) is 3.41. The summed E-state index contributed by atoms with van der Waals surface area (Å²) in [6.45, 7) is 4.23. The van der Waals surface area contributed by atoms with E-state index in [9.17, 15) is 9.59 Å². The van der Waals surface area contributed by atoms with Crippen LogP contribution < -0.4 is 10.1 Å². The fourth-order valence-corrected chi connectivity index (χ4v) is 3.45. The third-order valence-corrected chi connectivity index (χ3v) is 5.23. The summed E-state index contributed by atoms with van der Waals surface area (Å²) in [7, 11) is 0. The molecule has 1 amide bonds. The van der Waals surface area contributed by atoms with E-state index in [4.69, 9.17) is 9.47 Å². The second-order valence-electron chi connectivity index (χ2n) is 6.05. The van der Waals surface area contributed by atoms with Gasteiger partial charge in [0, 0.05) is 10.8 Å². The second kappa shape index (κ2) is 7.70. The Morgan fingerprint density at radius 3 is 2.56 bits per heavy atom. The summed E-state index contributed by atoms with van der Waals surface area (Å²) in [5.41, 5.74) is 1.31. The van der Waals surface area contributed by atoms with Crippen LogP contribution in [0.3, 0.4) is 0 Å². The van der Waals surface area contributed by atoms with Crippen molar-refractivity contribution >= 4 is 28.2 Å². The van der Waals surface area contributed by atoms with Gasteiger partial charge in [-0.1, -0.05) is 18.2 Å². The maximum absolute atomic E-state index is 12.5. The molecule has 25 heavy (non-hydrogen) atoms. The largest absolute Gasteiger partial charge is 0.490 e. The lowest BCUT2D eigenvalue weighted by Crippen LogP contribution is -2.17. The molecule has 1 aromatic carbocycles. The number of carbonyl (C=O) groups excluding carboxylic acids is 2. The van der Waals surface area contributed by atoms with Crippen molar-refractivity contribution in [3.63, 3.8) is 0 Å². The van der Waals surface area contributed by atoms with Crippen molar-refractivity contribution in [3.05, 3.63) is 46.3 Å². The highest BCUT2D eigenvalue weighted by Gasteiger charge is 2.31. The lowest BCUT2D eigenvalue weighted by atomic mass is 10.1. The van der Waals surface area contributed by atoms with Crippen LogP contribution in [0.15, 0.2) is 30.3 Å². The molecular weight excluding hydrogens is 338 g/mol. The van der Waals surface area contributed by atoms with Gasteiger partial charge in [-0.2, -0.15) is 0 Å². The van der Waals surface area contributed by atoms with E-state index in [0.717, 1.165) is 29.0 Å². The van der Waals surface area contributed by atoms with Gasteiger partial charge in [0.1, 0.15) is 24.0 Å². The van der Waals surface area contributed by atoms with Gasteiger partial charge >= 0.3 is 5.97 Å². The molecule has 1 fully saturated rings. The number of nitrogens with one attached hydrogen (secondary N) is 1. The van der Waals surface area contributed by atoms with Crippen LogP contribution in [-0.4, -0.2) is 25.1 Å². The first-order chi connectivity index (χ1) is 12.1. The monoisotopic (exact) mass is 359 g/mol. The molecule has 0 unspecified atom stereocenters. The van der Waals surface area contributed by atoms with Gasteiger partial charge in [-0.15, -0.1) is 11.3 Å². The summed E-state index contributed by atoms with van der Waals surface area (Å²) < 4.78 is 10.9. The minimum Gasteiger partial charge on any atom is -0.490 e. The molecule has 1 aliphatic carbocycles. The van der Waals surface area contributed by atoms with E-state index in [1.807, 2.05) is 44.2 Å². The summed E-state index contributed by atoms with van der Waals surface area (Å²) in [6, 6.07) is 9.37. The predicted molar refractivity (Wildman–Crippen MR) is 97.4 cm³/mol. The topological polar surface area (TPSA) is 64.6 Å². The first kappa shape index (κ1) is 17.5. The first-order valence-electron chi connectivity index (χ1n) is 8.32. The Morgan fingerprint density at radius 2 is 1.88 bits per heavy atom. The normalized spacial score (nSPS) is 13.4. The highest BCUT2D eigenvalue weighted by molar-refractivity contribution is 7.16. The number of anilines is 1. The molecule has 5 nitrogen and oxygen atoms in total. The molecule has 0 spiro atoms. The Hall–Kier alpha value is -2.34. The van der Waals surface area contributed by atoms with E-state index in [0.29, 0.717) is 10.6 Å². The fourth-order valence-electron chi connectivity index (χ4n) is 2.40. The van der Waals surface area contributed by atoms with E-state index < -0.39 is 5.97 Å². The molecule has 6 heteroatoms. The summed E-state index contributed by atoms with van der Waals surface area (Å²) in [4.78, 5) is 25.5. The van der Waals surface area contributed by atoms with Gasteiger partial charge in [0.15, 0.2) is 0 Å². The Morgan fingerprint density at radius 1 is 1.16 bits per heavy atom. The van der Waals surface area contributed by atoms with E-state index in [2.05, 4.69) is 5.32 Å². The van der Waals surface area contributed by atoms with Crippen molar-refractivity contribution in [1.29, 1.82) is 0 Å². The Bertz CT molecular complexity index is 765. The number of thiophene rings is 1. The summed E-state index contributed by atoms with van der Waals surface area (Å²) in [5, 5.41) is 3.46. The molecule has 1 heterocycles. The molecule has 1 aliphatic rings. The van der Waals surface area contributed by atoms with Crippen LogP contribution in [0.25, 0.3) is 0 Å². The van der Waals surface area contributed by atoms with Gasteiger partial charge in [0.05, 0.1) is 5.56 Å². The molecule has 0 radical (unpaired) electrons. The van der Waals surface area contributed by atoms with E-state index >= 15 is 0 Å². The van der Waals surface area contributed by atoms with Gasteiger partial charge in [-0.3, -0.25) is 4.79 Å². The molecular formula is C19H21NO4S. The van der Waals surface area contributed by atoms with Crippen LogP contribution in [0.2, 0.25) is 0 Å². The number of amides is 1. The van der Waals surface area contributed by atoms with Crippen molar-refractivity contribution in [2.24, 2.45) is 5.92 Å². The number of aryl methyl sites for hydroxylation is 1. The quantitative estimate of drug-likeness (QED) is 0.600. The summed E-state index contributed by atoms with van der Waals surface area (Å²) >= 11 is 1.41. The average molecular weight is 359 g/mol. The van der Waals surface area contributed by atoms with Crippen molar-refractivity contribution in [3.8, 4) is 5.75 Å². The van der Waals surface area contributed by atoms with Crippen LogP contribution in [0.5, 0.6) is 5.75 Å². The molecule has 1 aromatic heterocycles. The van der Waals surface area contributed by atoms with Gasteiger partial charge in [0.2, 0.25) is 5.91 Å². The highest BCUT2D eigenvalue weighted by Crippen LogP contribution is 2.36. The minimum absolute atomic E-state index is 0.0114. The lowest BCUT2D eigenvalue weighted by Gasteiger charge is -2.09. The molecule has 0 saturated heterocycles. The zero-order valence-corrected chi connectivity index (χ0v) is 15.2. The SMILES string of the molecule is Cc1sc(NC(=O)C2CC2)c(C(=O)OCCOc2ccccc2)c1C. The molecule has 2 aromatic rings. The number of para-hydroxylation sites is 1. The van der Waals surface area contributed by atoms with Crippen LogP contribution in [-0.2, 0) is 9.53 Å². The Balaban J connectivity index is 1.58. The number of hydrogen-bond donors (Lipinski definition) is 1. The van der Waals surface area contributed by atoms with Gasteiger partial charge < -0.3 is 14.8 Å². The van der Waals surface area contributed by atoms with Gasteiger partial charge in [0.25, 0.3) is 0 Å². The van der Waals surface area contributed by atoms with E-state index in [-0.39, 0.29) is 25.0 Å². The fraction of sp³-hybridized carbons (Fsp3) is 0.368. The molecule has 3 rings (SSSR count). The van der Waals surface area contributed by atoms with E-state index in [1.165, 1.54) is 11.3 Å². The maximum atomic E-state index is 12.5. The third-order valence-electron chi connectivity index (χ3n) is 4.10. The molecule has 1 N–H and O–H groups in total. The molecule has 132 valence electrons. The molecule has 0 bridgehead atoms. The van der Waals surface area contributed by atoms with Gasteiger partial charge in [-0.05, 0) is 44.4 Å². The molecule has 0 atom stereocenters. The van der Waals surface area contributed by atoms with Crippen molar-refractivity contribution < 1.29 is 19.1 Å². The molecule has 1 saturated carbocycles. The van der Waals surface area contributed by atoms with E-state index in [1.54, 1.807) is 0 Å². The number of benzene rings is 1. The van der Waals surface area contributed by atoms with Crippen LogP contribution >= 0.6 is 11.3 Å². The summed E-state index contributed by atoms with van der Waals surface area (Å²) in [5.74, 6) is 0.386. The van der Waals surface area contributed by atoms with Crippen molar-refractivity contribution in [1.82, 2.24) is 0 Å². The molecule has 0 aliphatic heterocycles. The first-order valence-corrected chi connectivity index (χ1v) is 9.13. The number of carbonyl (C=O) groups is 2. The number of hydrogen-bond acceptors (Lipinski definition) is 5. The third kappa shape index (κ3) is 4.39. The van der Waals surface area contributed by atoms with Crippen LogP contribution in [0.1, 0.15) is 33.6 Å². The van der Waals surface area contributed by atoms with Crippen molar-refractivity contribution in [2.75, 3.05) is 18.5 Å². The lowest BCUT2D eigenvalue weighted by molar-refractivity contribution is -0.117. The maximum Gasteiger partial charge on any atom is 0.341 e. The smallest absolute Gasteiger partial charge is 0.341 e.